The summed E-state index contributed by atoms with van der Waals surface area (Å²) >= 11 is 0. The van der Waals surface area contributed by atoms with E-state index < -0.39 is 0 Å². The van der Waals surface area contributed by atoms with E-state index in [-0.39, 0.29) is 5.91 Å². The summed E-state index contributed by atoms with van der Waals surface area (Å²) in [5.74, 6) is 0.609. The van der Waals surface area contributed by atoms with Gasteiger partial charge in [-0.1, -0.05) is 19.8 Å². The molecule has 1 heterocycles. The lowest BCUT2D eigenvalue weighted by Crippen LogP contribution is -2.38. The Balaban J connectivity index is 1.94. The Labute approximate surface area is 102 Å². The first kappa shape index (κ1) is 11.9. The van der Waals surface area contributed by atoms with E-state index in [0.29, 0.717) is 23.3 Å². The number of nitrogen functional groups attached to an aromatic ring is 1. The van der Waals surface area contributed by atoms with Gasteiger partial charge in [-0.05, 0) is 30.9 Å². The minimum absolute atomic E-state index is 0.0934. The van der Waals surface area contributed by atoms with Crippen molar-refractivity contribution in [3.63, 3.8) is 0 Å². The summed E-state index contributed by atoms with van der Waals surface area (Å²) in [5.41, 5.74) is 6.55. The normalized spacial score (nSPS) is 24.3. The number of aromatic nitrogens is 1. The van der Waals surface area contributed by atoms with Gasteiger partial charge in [0.25, 0.3) is 5.91 Å². The molecule has 1 aromatic heterocycles. The van der Waals surface area contributed by atoms with Crippen LogP contribution >= 0.6 is 0 Å². The first-order valence-corrected chi connectivity index (χ1v) is 6.17. The molecule has 0 aliphatic heterocycles. The molecule has 2 rings (SSSR count). The first-order valence-electron chi connectivity index (χ1n) is 6.17. The van der Waals surface area contributed by atoms with Crippen LogP contribution in [0.5, 0.6) is 0 Å². The molecule has 1 aliphatic rings. The van der Waals surface area contributed by atoms with Crippen LogP contribution in [-0.4, -0.2) is 16.9 Å². The molecular formula is C13H19N3O. The van der Waals surface area contributed by atoms with Gasteiger partial charge in [0, 0.05) is 6.04 Å². The SMILES string of the molecule is CC1CCCC(NC(=O)c2ccc(N)cn2)C1. The smallest absolute Gasteiger partial charge is 0.270 e. The maximum Gasteiger partial charge on any atom is 0.270 e. The fraction of sp³-hybridized carbons (Fsp3) is 0.538. The number of hydrogen-bond donors (Lipinski definition) is 2. The van der Waals surface area contributed by atoms with Crippen LogP contribution in [0.3, 0.4) is 0 Å². The Kier molecular flexibility index (Phi) is 3.61. The number of rotatable bonds is 2. The van der Waals surface area contributed by atoms with Crippen LogP contribution in [0.2, 0.25) is 0 Å². The number of carbonyl (C=O) groups excluding carboxylic acids is 1. The molecule has 0 bridgehead atoms. The van der Waals surface area contributed by atoms with E-state index in [4.69, 9.17) is 5.73 Å². The van der Waals surface area contributed by atoms with E-state index in [2.05, 4.69) is 17.2 Å². The molecule has 3 N–H and O–H groups in total. The van der Waals surface area contributed by atoms with Crippen LogP contribution in [0.4, 0.5) is 5.69 Å². The van der Waals surface area contributed by atoms with Gasteiger partial charge in [0.15, 0.2) is 0 Å². The molecule has 1 fully saturated rings. The third-order valence-corrected chi connectivity index (χ3v) is 3.29. The van der Waals surface area contributed by atoms with Gasteiger partial charge < -0.3 is 11.1 Å². The number of nitrogens with zero attached hydrogens (tertiary/aromatic N) is 1. The molecule has 92 valence electrons. The molecule has 0 aromatic carbocycles. The molecule has 17 heavy (non-hydrogen) atoms. The Morgan fingerprint density at radius 2 is 2.29 bits per heavy atom. The molecule has 1 aliphatic carbocycles. The number of carbonyl (C=O) groups is 1. The maximum absolute atomic E-state index is 11.9. The Bertz CT molecular complexity index is 388. The number of nitrogens with one attached hydrogen (secondary N) is 1. The third kappa shape index (κ3) is 3.19. The summed E-state index contributed by atoms with van der Waals surface area (Å²) in [5, 5.41) is 3.04. The Morgan fingerprint density at radius 3 is 2.94 bits per heavy atom. The van der Waals surface area contributed by atoms with Gasteiger partial charge in [0.05, 0.1) is 11.9 Å². The monoisotopic (exact) mass is 233 g/mol. The molecule has 0 spiro atoms. The van der Waals surface area contributed by atoms with E-state index >= 15 is 0 Å². The largest absolute Gasteiger partial charge is 0.397 e. The second kappa shape index (κ2) is 5.17. The number of hydrogen-bond acceptors (Lipinski definition) is 3. The third-order valence-electron chi connectivity index (χ3n) is 3.29. The van der Waals surface area contributed by atoms with Crippen molar-refractivity contribution < 1.29 is 4.79 Å². The predicted molar refractivity (Wildman–Crippen MR) is 67.5 cm³/mol. The highest BCUT2D eigenvalue weighted by Gasteiger charge is 2.21. The summed E-state index contributed by atoms with van der Waals surface area (Å²) in [6, 6.07) is 3.66. The van der Waals surface area contributed by atoms with Gasteiger partial charge in [-0.15, -0.1) is 0 Å². The van der Waals surface area contributed by atoms with E-state index in [0.717, 1.165) is 12.8 Å². The highest BCUT2D eigenvalue weighted by molar-refractivity contribution is 5.92. The van der Waals surface area contributed by atoms with Crippen molar-refractivity contribution in [1.82, 2.24) is 10.3 Å². The van der Waals surface area contributed by atoms with Crippen molar-refractivity contribution >= 4 is 11.6 Å². The fourth-order valence-electron chi connectivity index (χ4n) is 2.36. The molecule has 2 atom stereocenters. The average molecular weight is 233 g/mol. The summed E-state index contributed by atoms with van der Waals surface area (Å²) < 4.78 is 0. The second-order valence-corrected chi connectivity index (χ2v) is 4.92. The van der Waals surface area contributed by atoms with Crippen LogP contribution in [-0.2, 0) is 0 Å². The highest BCUT2D eigenvalue weighted by Crippen LogP contribution is 2.23. The van der Waals surface area contributed by atoms with Gasteiger partial charge in [-0.25, -0.2) is 4.98 Å². The van der Waals surface area contributed by atoms with Gasteiger partial charge in [-0.2, -0.15) is 0 Å². The number of amides is 1. The molecule has 4 heteroatoms. The molecule has 1 amide bonds. The number of pyridine rings is 1. The van der Waals surface area contributed by atoms with Gasteiger partial charge in [0.2, 0.25) is 0 Å². The topological polar surface area (TPSA) is 68.0 Å². The van der Waals surface area contributed by atoms with Gasteiger partial charge in [0.1, 0.15) is 5.69 Å². The van der Waals surface area contributed by atoms with Crippen molar-refractivity contribution in [3.8, 4) is 0 Å². The standard InChI is InChI=1S/C13H19N3O/c1-9-3-2-4-11(7-9)16-13(17)12-6-5-10(14)8-15-12/h5-6,8-9,11H,2-4,7,14H2,1H3,(H,16,17). The molecule has 0 radical (unpaired) electrons. The van der Waals surface area contributed by atoms with Crippen molar-refractivity contribution in [2.75, 3.05) is 5.73 Å². The number of nitrogens with two attached hydrogens (primary N) is 1. The van der Waals surface area contributed by atoms with Gasteiger partial charge in [-0.3, -0.25) is 4.79 Å². The van der Waals surface area contributed by atoms with Crippen molar-refractivity contribution in [3.05, 3.63) is 24.0 Å². The van der Waals surface area contributed by atoms with Crippen LogP contribution in [0.15, 0.2) is 18.3 Å². The van der Waals surface area contributed by atoms with E-state index in [1.54, 1.807) is 12.1 Å². The van der Waals surface area contributed by atoms with Crippen LogP contribution < -0.4 is 11.1 Å². The molecule has 2 unspecified atom stereocenters. The molecule has 0 saturated heterocycles. The minimum atomic E-state index is -0.0934. The van der Waals surface area contributed by atoms with E-state index in [1.165, 1.54) is 19.0 Å². The lowest BCUT2D eigenvalue weighted by atomic mass is 9.87. The average Bonchev–Trinajstić information content (AvgIpc) is 2.29. The lowest BCUT2D eigenvalue weighted by molar-refractivity contribution is 0.0916. The predicted octanol–water partition coefficient (Wildman–Crippen LogP) is 1.97. The van der Waals surface area contributed by atoms with E-state index in [1.807, 2.05) is 0 Å². The lowest BCUT2D eigenvalue weighted by Gasteiger charge is -2.27. The quantitative estimate of drug-likeness (QED) is 0.820. The van der Waals surface area contributed by atoms with E-state index in [9.17, 15) is 4.79 Å². The molecule has 1 saturated carbocycles. The Hall–Kier alpha value is -1.58. The zero-order valence-electron chi connectivity index (χ0n) is 10.1. The first-order chi connectivity index (χ1) is 8.15. The minimum Gasteiger partial charge on any atom is -0.397 e. The molecule has 4 nitrogen and oxygen atoms in total. The van der Waals surface area contributed by atoms with Crippen molar-refractivity contribution in [2.45, 2.75) is 38.6 Å². The van der Waals surface area contributed by atoms with Crippen molar-refractivity contribution in [2.24, 2.45) is 5.92 Å². The fourth-order valence-corrected chi connectivity index (χ4v) is 2.36. The zero-order chi connectivity index (χ0) is 12.3. The zero-order valence-corrected chi connectivity index (χ0v) is 10.1. The summed E-state index contributed by atoms with van der Waals surface area (Å²) in [7, 11) is 0. The Morgan fingerprint density at radius 1 is 1.47 bits per heavy atom. The summed E-state index contributed by atoms with van der Waals surface area (Å²) in [4.78, 5) is 15.9. The summed E-state index contributed by atoms with van der Waals surface area (Å²) in [6.07, 6.45) is 6.12. The highest BCUT2D eigenvalue weighted by atomic mass is 16.1. The van der Waals surface area contributed by atoms with Crippen LogP contribution in [0.1, 0.15) is 43.1 Å². The summed E-state index contributed by atoms with van der Waals surface area (Å²) in [6.45, 7) is 2.24. The molecular weight excluding hydrogens is 214 g/mol. The van der Waals surface area contributed by atoms with Crippen molar-refractivity contribution in [1.29, 1.82) is 0 Å². The molecule has 1 aromatic rings. The maximum atomic E-state index is 11.9. The van der Waals surface area contributed by atoms with Crippen LogP contribution in [0.25, 0.3) is 0 Å². The van der Waals surface area contributed by atoms with Crippen LogP contribution in [0, 0.1) is 5.92 Å². The number of anilines is 1. The second-order valence-electron chi connectivity index (χ2n) is 4.92. The van der Waals surface area contributed by atoms with Gasteiger partial charge >= 0.3 is 0 Å².